The van der Waals surface area contributed by atoms with Crippen LogP contribution in [-0.4, -0.2) is 29.7 Å². The summed E-state index contributed by atoms with van der Waals surface area (Å²) in [6.45, 7) is 8.03. The van der Waals surface area contributed by atoms with E-state index >= 15 is 0 Å². The first-order valence-corrected chi connectivity index (χ1v) is 12.3. The van der Waals surface area contributed by atoms with Crippen molar-refractivity contribution in [3.8, 4) is 16.9 Å². The highest BCUT2D eigenvalue weighted by molar-refractivity contribution is 6.29. The van der Waals surface area contributed by atoms with Crippen molar-refractivity contribution in [3.63, 3.8) is 0 Å². The molecule has 1 fully saturated rings. The highest BCUT2D eigenvalue weighted by Crippen LogP contribution is 2.32. The zero-order valence-corrected chi connectivity index (χ0v) is 20.6. The lowest BCUT2D eigenvalue weighted by atomic mass is 9.97. The molecule has 1 aliphatic heterocycles. The van der Waals surface area contributed by atoms with Gasteiger partial charge in [0.2, 0.25) is 0 Å². The molecule has 0 atom stereocenters. The standard InChI is InChI=1S/C27H30ClF2N3O/c1-4-18-12-20(5-2)27(31-15-18)33-10-8-19(9-11-33)16-34-26-23(29)13-21(14-24(26)30)22-6-7-25(28)32-17(22)3/h6-7,12-15,19H,4-5,8-11,16H2,1-3H3. The average molecular weight is 486 g/mol. The summed E-state index contributed by atoms with van der Waals surface area (Å²) in [6, 6.07) is 8.14. The Balaban J connectivity index is 1.38. The molecule has 3 aromatic rings. The summed E-state index contributed by atoms with van der Waals surface area (Å²) in [5.41, 5.74) is 4.17. The van der Waals surface area contributed by atoms with Crippen molar-refractivity contribution >= 4 is 17.4 Å². The summed E-state index contributed by atoms with van der Waals surface area (Å²) in [7, 11) is 0. The lowest BCUT2D eigenvalue weighted by Gasteiger charge is -2.34. The van der Waals surface area contributed by atoms with Crippen LogP contribution in [0.25, 0.3) is 11.1 Å². The maximum atomic E-state index is 14.8. The molecule has 1 saturated heterocycles. The first-order valence-electron chi connectivity index (χ1n) is 11.9. The van der Waals surface area contributed by atoms with Gasteiger partial charge in [-0.05, 0) is 79.5 Å². The first kappa shape index (κ1) is 24.4. The Kier molecular flexibility index (Phi) is 7.67. The van der Waals surface area contributed by atoms with Gasteiger partial charge in [-0.25, -0.2) is 18.7 Å². The van der Waals surface area contributed by atoms with Gasteiger partial charge in [0.1, 0.15) is 11.0 Å². The van der Waals surface area contributed by atoms with Crippen LogP contribution in [0.2, 0.25) is 5.15 Å². The summed E-state index contributed by atoms with van der Waals surface area (Å²) in [5, 5.41) is 0.341. The van der Waals surface area contributed by atoms with Crippen LogP contribution in [0, 0.1) is 24.5 Å². The molecule has 7 heteroatoms. The number of hydrogen-bond acceptors (Lipinski definition) is 4. The molecule has 0 N–H and O–H groups in total. The van der Waals surface area contributed by atoms with Gasteiger partial charge in [0.25, 0.3) is 0 Å². The lowest BCUT2D eigenvalue weighted by Crippen LogP contribution is -2.36. The Bertz CT molecular complexity index is 1140. The molecule has 0 aliphatic carbocycles. The number of piperidine rings is 1. The highest BCUT2D eigenvalue weighted by Gasteiger charge is 2.24. The maximum Gasteiger partial charge on any atom is 0.190 e. The Morgan fingerprint density at radius 2 is 1.76 bits per heavy atom. The quantitative estimate of drug-likeness (QED) is 0.345. The van der Waals surface area contributed by atoms with E-state index in [2.05, 4.69) is 29.8 Å². The lowest BCUT2D eigenvalue weighted by molar-refractivity contribution is 0.207. The molecule has 0 radical (unpaired) electrons. The van der Waals surface area contributed by atoms with Crippen LogP contribution in [0.15, 0.2) is 36.5 Å². The predicted molar refractivity (Wildman–Crippen MR) is 133 cm³/mol. The SMILES string of the molecule is CCc1cnc(N2CCC(COc3c(F)cc(-c4ccc(Cl)nc4C)cc3F)CC2)c(CC)c1. The smallest absolute Gasteiger partial charge is 0.190 e. The van der Waals surface area contributed by atoms with E-state index in [0.29, 0.717) is 22.0 Å². The molecule has 0 spiro atoms. The fraction of sp³-hybridized carbons (Fsp3) is 0.407. The van der Waals surface area contributed by atoms with Gasteiger partial charge in [-0.2, -0.15) is 0 Å². The van der Waals surface area contributed by atoms with Crippen LogP contribution in [0.4, 0.5) is 14.6 Å². The number of rotatable bonds is 7. The zero-order chi connectivity index (χ0) is 24.2. The van der Waals surface area contributed by atoms with E-state index in [9.17, 15) is 8.78 Å². The number of anilines is 1. The van der Waals surface area contributed by atoms with E-state index < -0.39 is 11.6 Å². The van der Waals surface area contributed by atoms with E-state index in [1.54, 1.807) is 19.1 Å². The molecule has 3 heterocycles. The summed E-state index contributed by atoms with van der Waals surface area (Å²) < 4.78 is 35.2. The molecule has 180 valence electrons. The summed E-state index contributed by atoms with van der Waals surface area (Å²) in [4.78, 5) is 11.2. The van der Waals surface area contributed by atoms with Crippen LogP contribution in [0.1, 0.15) is 43.5 Å². The van der Waals surface area contributed by atoms with Gasteiger partial charge in [0.15, 0.2) is 17.4 Å². The number of hydrogen-bond donors (Lipinski definition) is 0. The molecule has 4 rings (SSSR count). The van der Waals surface area contributed by atoms with Crippen molar-refractivity contribution in [1.29, 1.82) is 0 Å². The van der Waals surface area contributed by atoms with Crippen LogP contribution < -0.4 is 9.64 Å². The normalized spacial score (nSPS) is 14.5. The van der Waals surface area contributed by atoms with Crippen molar-refractivity contribution in [1.82, 2.24) is 9.97 Å². The van der Waals surface area contributed by atoms with Gasteiger partial charge in [0.05, 0.1) is 6.61 Å². The molecule has 0 bridgehead atoms. The second-order valence-electron chi connectivity index (χ2n) is 8.81. The molecule has 1 aromatic carbocycles. The van der Waals surface area contributed by atoms with Crippen LogP contribution in [0.5, 0.6) is 5.75 Å². The molecule has 0 unspecified atom stereocenters. The molecular formula is C27H30ClF2N3O. The van der Waals surface area contributed by atoms with Gasteiger partial charge in [0, 0.05) is 30.5 Å². The molecular weight excluding hydrogens is 456 g/mol. The minimum absolute atomic E-state index is 0.234. The third-order valence-corrected chi connectivity index (χ3v) is 6.74. The van der Waals surface area contributed by atoms with Crippen molar-refractivity contribution in [2.75, 3.05) is 24.6 Å². The second-order valence-corrected chi connectivity index (χ2v) is 9.20. The van der Waals surface area contributed by atoms with Crippen molar-refractivity contribution in [3.05, 3.63) is 70.1 Å². The Hall–Kier alpha value is -2.73. The van der Waals surface area contributed by atoms with Crippen molar-refractivity contribution in [2.24, 2.45) is 5.92 Å². The maximum absolute atomic E-state index is 14.8. The number of benzene rings is 1. The summed E-state index contributed by atoms with van der Waals surface area (Å²) >= 11 is 5.89. The topological polar surface area (TPSA) is 38.2 Å². The van der Waals surface area contributed by atoms with E-state index in [4.69, 9.17) is 21.3 Å². The van der Waals surface area contributed by atoms with E-state index in [-0.39, 0.29) is 18.3 Å². The number of aromatic nitrogens is 2. The minimum atomic E-state index is -0.713. The number of ether oxygens (including phenoxy) is 1. The van der Waals surface area contributed by atoms with Crippen LogP contribution in [-0.2, 0) is 12.8 Å². The molecule has 0 amide bonds. The Morgan fingerprint density at radius 3 is 2.38 bits per heavy atom. The fourth-order valence-electron chi connectivity index (χ4n) is 4.49. The van der Waals surface area contributed by atoms with E-state index in [0.717, 1.165) is 44.6 Å². The zero-order valence-electron chi connectivity index (χ0n) is 19.9. The number of aryl methyl sites for hydroxylation is 3. The van der Waals surface area contributed by atoms with E-state index in [1.807, 2.05) is 6.20 Å². The highest BCUT2D eigenvalue weighted by atomic mass is 35.5. The Labute approximate surface area is 205 Å². The minimum Gasteiger partial charge on any atom is -0.487 e. The fourth-order valence-corrected chi connectivity index (χ4v) is 4.68. The predicted octanol–water partition coefficient (Wildman–Crippen LogP) is 6.80. The van der Waals surface area contributed by atoms with Gasteiger partial charge in [-0.1, -0.05) is 31.5 Å². The first-order chi connectivity index (χ1) is 16.4. The van der Waals surface area contributed by atoms with Crippen molar-refractivity contribution < 1.29 is 13.5 Å². The van der Waals surface area contributed by atoms with Gasteiger partial charge >= 0.3 is 0 Å². The molecule has 4 nitrogen and oxygen atoms in total. The van der Waals surface area contributed by atoms with Gasteiger partial charge in [-0.3, -0.25) is 0 Å². The van der Waals surface area contributed by atoms with Gasteiger partial charge < -0.3 is 9.64 Å². The van der Waals surface area contributed by atoms with Crippen LogP contribution in [0.3, 0.4) is 0 Å². The second kappa shape index (κ2) is 10.7. The van der Waals surface area contributed by atoms with Crippen molar-refractivity contribution in [2.45, 2.75) is 46.5 Å². The van der Waals surface area contributed by atoms with E-state index in [1.165, 1.54) is 23.3 Å². The summed E-state index contributed by atoms with van der Waals surface area (Å²) in [6.07, 6.45) is 5.65. The largest absolute Gasteiger partial charge is 0.487 e. The molecule has 0 saturated carbocycles. The average Bonchev–Trinajstić information content (AvgIpc) is 2.83. The molecule has 34 heavy (non-hydrogen) atoms. The number of halogens is 3. The molecule has 1 aliphatic rings. The number of pyridine rings is 2. The van der Waals surface area contributed by atoms with Gasteiger partial charge in [-0.15, -0.1) is 0 Å². The number of nitrogens with zero attached hydrogens (tertiary/aromatic N) is 3. The Morgan fingerprint density at radius 1 is 1.06 bits per heavy atom. The van der Waals surface area contributed by atoms with Crippen LogP contribution >= 0.6 is 11.6 Å². The third-order valence-electron chi connectivity index (χ3n) is 6.53. The monoisotopic (exact) mass is 485 g/mol. The third kappa shape index (κ3) is 5.33. The molecule has 2 aromatic heterocycles. The summed E-state index contributed by atoms with van der Waals surface area (Å²) in [5.74, 6) is -0.462.